The zero-order valence-electron chi connectivity index (χ0n) is 15.7. The van der Waals surface area contributed by atoms with Gasteiger partial charge in [0.15, 0.2) is 9.84 Å². The van der Waals surface area contributed by atoms with Gasteiger partial charge in [0.25, 0.3) is 0 Å². The second kappa shape index (κ2) is 8.13. The number of methoxy groups -OCH3 is 1. The lowest BCUT2D eigenvalue weighted by atomic mass is 10.0. The van der Waals surface area contributed by atoms with Crippen molar-refractivity contribution in [2.45, 2.75) is 37.1 Å². The van der Waals surface area contributed by atoms with Crippen LogP contribution in [0.3, 0.4) is 0 Å². The van der Waals surface area contributed by atoms with Gasteiger partial charge in [-0.3, -0.25) is 4.79 Å². The molecule has 0 spiro atoms. The average Bonchev–Trinajstić information content (AvgIpc) is 3.16. The molecule has 0 aliphatic carbocycles. The molecule has 1 aliphatic heterocycles. The Bertz CT molecular complexity index is 906. The molecule has 144 valence electrons. The summed E-state index contributed by atoms with van der Waals surface area (Å²) in [4.78, 5) is 14.8. The topological polar surface area (TPSA) is 63.7 Å². The van der Waals surface area contributed by atoms with E-state index >= 15 is 0 Å². The summed E-state index contributed by atoms with van der Waals surface area (Å²) in [6, 6.07) is 14.4. The zero-order valence-corrected chi connectivity index (χ0v) is 16.5. The number of benzene rings is 2. The van der Waals surface area contributed by atoms with Crippen molar-refractivity contribution in [3.05, 3.63) is 59.7 Å². The molecule has 0 bridgehead atoms. The van der Waals surface area contributed by atoms with E-state index in [1.54, 1.807) is 36.3 Å². The summed E-state index contributed by atoms with van der Waals surface area (Å²) in [7, 11) is -1.84. The van der Waals surface area contributed by atoms with Gasteiger partial charge in [-0.1, -0.05) is 29.8 Å². The molecule has 5 nitrogen and oxygen atoms in total. The molecule has 1 atom stereocenters. The molecule has 1 fully saturated rings. The van der Waals surface area contributed by atoms with Crippen LogP contribution in [0.15, 0.2) is 53.4 Å². The molecule has 2 aromatic carbocycles. The summed E-state index contributed by atoms with van der Waals surface area (Å²) < 4.78 is 30.3. The first-order valence-corrected chi connectivity index (χ1v) is 10.8. The molecule has 1 saturated heterocycles. The van der Waals surface area contributed by atoms with E-state index in [4.69, 9.17) is 4.74 Å². The number of likely N-dealkylation sites (tertiary alicyclic amines) is 1. The maximum Gasteiger partial charge on any atom is 0.224 e. The van der Waals surface area contributed by atoms with Gasteiger partial charge in [-0.25, -0.2) is 8.42 Å². The third-order valence-corrected chi connectivity index (χ3v) is 6.75. The van der Waals surface area contributed by atoms with Crippen LogP contribution in [0.5, 0.6) is 5.75 Å². The molecule has 6 heteroatoms. The van der Waals surface area contributed by atoms with E-state index in [-0.39, 0.29) is 29.0 Å². The van der Waals surface area contributed by atoms with Gasteiger partial charge in [0.1, 0.15) is 5.75 Å². The quantitative estimate of drug-likeness (QED) is 0.761. The predicted molar refractivity (Wildman–Crippen MR) is 105 cm³/mol. The summed E-state index contributed by atoms with van der Waals surface area (Å²) >= 11 is 0. The Morgan fingerprint density at radius 2 is 1.93 bits per heavy atom. The summed E-state index contributed by atoms with van der Waals surface area (Å²) in [6.07, 6.45) is 1.79. The molecule has 0 N–H and O–H groups in total. The predicted octanol–water partition coefficient (Wildman–Crippen LogP) is 3.53. The van der Waals surface area contributed by atoms with Crippen LogP contribution in [0.2, 0.25) is 0 Å². The lowest BCUT2D eigenvalue weighted by molar-refractivity contribution is -0.131. The molecule has 1 heterocycles. The van der Waals surface area contributed by atoms with Crippen LogP contribution in [-0.2, 0) is 14.6 Å². The lowest BCUT2D eigenvalue weighted by Crippen LogP contribution is -2.31. The van der Waals surface area contributed by atoms with Crippen LogP contribution in [0.25, 0.3) is 0 Å². The van der Waals surface area contributed by atoms with Crippen LogP contribution in [0.4, 0.5) is 0 Å². The fourth-order valence-corrected chi connectivity index (χ4v) is 4.72. The third kappa shape index (κ3) is 4.50. The molecular weight excluding hydrogens is 362 g/mol. The number of carbonyl (C=O) groups is 1. The van der Waals surface area contributed by atoms with Crippen molar-refractivity contribution >= 4 is 15.7 Å². The average molecular weight is 388 g/mol. The van der Waals surface area contributed by atoms with Gasteiger partial charge in [0.2, 0.25) is 5.91 Å². The van der Waals surface area contributed by atoms with Crippen LogP contribution < -0.4 is 4.74 Å². The number of carbonyl (C=O) groups excluding carboxylic acids is 1. The smallest absolute Gasteiger partial charge is 0.224 e. The molecular formula is C21H25NO4S. The number of nitrogens with zero attached hydrogens (tertiary/aromatic N) is 1. The fourth-order valence-electron chi connectivity index (χ4n) is 3.49. The van der Waals surface area contributed by atoms with E-state index in [0.29, 0.717) is 6.54 Å². The molecule has 0 radical (unpaired) electrons. The largest absolute Gasteiger partial charge is 0.497 e. The highest BCUT2D eigenvalue weighted by molar-refractivity contribution is 7.91. The first-order chi connectivity index (χ1) is 12.9. The van der Waals surface area contributed by atoms with Gasteiger partial charge < -0.3 is 9.64 Å². The van der Waals surface area contributed by atoms with E-state index < -0.39 is 9.84 Å². The number of hydrogen-bond acceptors (Lipinski definition) is 4. The molecule has 2 aromatic rings. The number of rotatable bonds is 6. The van der Waals surface area contributed by atoms with Crippen LogP contribution in [0.1, 0.15) is 36.4 Å². The molecule has 3 rings (SSSR count). The lowest BCUT2D eigenvalue weighted by Gasteiger charge is -2.25. The number of sulfone groups is 1. The van der Waals surface area contributed by atoms with Crippen molar-refractivity contribution in [2.24, 2.45) is 0 Å². The van der Waals surface area contributed by atoms with Crippen molar-refractivity contribution in [3.63, 3.8) is 0 Å². The van der Waals surface area contributed by atoms with E-state index in [1.165, 1.54) is 0 Å². The summed E-state index contributed by atoms with van der Waals surface area (Å²) in [5.41, 5.74) is 2.03. The minimum Gasteiger partial charge on any atom is -0.497 e. The normalized spacial score (nSPS) is 17.1. The van der Waals surface area contributed by atoms with Crippen LogP contribution in [-0.4, -0.2) is 38.6 Å². The SMILES string of the molecule is COc1cccc(C2CCCN2C(=O)CCS(=O)(=O)c2ccc(C)cc2)c1. The number of amides is 1. The van der Waals surface area contributed by atoms with E-state index in [9.17, 15) is 13.2 Å². The Hall–Kier alpha value is -2.34. The third-order valence-electron chi connectivity index (χ3n) is 5.02. The molecule has 1 amide bonds. The number of aryl methyl sites for hydroxylation is 1. The molecule has 1 aliphatic rings. The van der Waals surface area contributed by atoms with Crippen molar-refractivity contribution < 1.29 is 17.9 Å². The highest BCUT2D eigenvalue weighted by Crippen LogP contribution is 2.34. The van der Waals surface area contributed by atoms with Crippen molar-refractivity contribution in [3.8, 4) is 5.75 Å². The summed E-state index contributed by atoms with van der Waals surface area (Å²) in [5.74, 6) is 0.473. The Morgan fingerprint density at radius 3 is 2.63 bits per heavy atom. The highest BCUT2D eigenvalue weighted by atomic mass is 32.2. The van der Waals surface area contributed by atoms with E-state index in [0.717, 1.165) is 29.7 Å². The van der Waals surface area contributed by atoms with Crippen molar-refractivity contribution in [2.75, 3.05) is 19.4 Å². The minimum absolute atomic E-state index is 0.00330. The van der Waals surface area contributed by atoms with Gasteiger partial charge in [-0.2, -0.15) is 0 Å². The second-order valence-electron chi connectivity index (χ2n) is 6.90. The van der Waals surface area contributed by atoms with Crippen LogP contribution in [0, 0.1) is 6.92 Å². The minimum atomic E-state index is -3.46. The van der Waals surface area contributed by atoms with Gasteiger partial charge in [0.05, 0.1) is 23.8 Å². The first-order valence-electron chi connectivity index (χ1n) is 9.13. The molecule has 0 saturated carbocycles. The zero-order chi connectivity index (χ0) is 19.4. The summed E-state index contributed by atoms with van der Waals surface area (Å²) in [5, 5.41) is 0. The van der Waals surface area contributed by atoms with Crippen molar-refractivity contribution in [1.82, 2.24) is 4.90 Å². The van der Waals surface area contributed by atoms with Crippen LogP contribution >= 0.6 is 0 Å². The fraction of sp³-hybridized carbons (Fsp3) is 0.381. The number of ether oxygens (including phenoxy) is 1. The maximum absolute atomic E-state index is 12.7. The van der Waals surface area contributed by atoms with E-state index in [2.05, 4.69) is 0 Å². The van der Waals surface area contributed by atoms with Crippen molar-refractivity contribution in [1.29, 1.82) is 0 Å². The molecule has 1 unspecified atom stereocenters. The van der Waals surface area contributed by atoms with Gasteiger partial charge in [-0.15, -0.1) is 0 Å². The maximum atomic E-state index is 12.7. The monoisotopic (exact) mass is 387 g/mol. The molecule has 0 aromatic heterocycles. The molecule has 27 heavy (non-hydrogen) atoms. The van der Waals surface area contributed by atoms with Gasteiger partial charge in [-0.05, 0) is 49.6 Å². The van der Waals surface area contributed by atoms with Gasteiger partial charge in [0, 0.05) is 13.0 Å². The van der Waals surface area contributed by atoms with E-state index in [1.807, 2.05) is 31.2 Å². The number of hydrogen-bond donors (Lipinski definition) is 0. The Labute approximate surface area is 160 Å². The summed E-state index contributed by atoms with van der Waals surface area (Å²) in [6.45, 7) is 2.57. The Morgan fingerprint density at radius 1 is 1.19 bits per heavy atom. The second-order valence-corrected chi connectivity index (χ2v) is 9.01. The van der Waals surface area contributed by atoms with Gasteiger partial charge >= 0.3 is 0 Å². The first kappa shape index (κ1) is 19.4. The standard InChI is InChI=1S/C21H25NO4S/c1-16-8-10-19(11-9-16)27(24,25)14-12-21(23)22-13-4-7-20(22)17-5-3-6-18(15-17)26-2/h3,5-6,8-11,15,20H,4,7,12-14H2,1-2H3. The Kier molecular flexibility index (Phi) is 5.85. The Balaban J connectivity index is 1.68. The highest BCUT2D eigenvalue weighted by Gasteiger charge is 2.30.